The van der Waals surface area contributed by atoms with E-state index in [0.29, 0.717) is 6.04 Å². The Labute approximate surface area is 88.8 Å². The molecule has 0 aromatic carbocycles. The van der Waals surface area contributed by atoms with Gasteiger partial charge in [0.15, 0.2) is 0 Å². The summed E-state index contributed by atoms with van der Waals surface area (Å²) in [5, 5.41) is 0. The molecule has 2 N–H and O–H groups in total. The van der Waals surface area contributed by atoms with Gasteiger partial charge in [-0.15, -0.1) is 0 Å². The molecule has 2 heteroatoms. The molecule has 0 aromatic heterocycles. The molecule has 0 aliphatic carbocycles. The van der Waals surface area contributed by atoms with Crippen LogP contribution in [0, 0.1) is 11.8 Å². The van der Waals surface area contributed by atoms with Crippen molar-refractivity contribution in [3.05, 3.63) is 0 Å². The van der Waals surface area contributed by atoms with Gasteiger partial charge in [-0.05, 0) is 24.7 Å². The number of nitrogens with zero attached hydrogens (tertiary/aromatic N) is 1. The molecule has 84 valence electrons. The second-order valence-electron chi connectivity index (χ2n) is 5.08. The first-order valence-electron chi connectivity index (χ1n) is 6.11. The van der Waals surface area contributed by atoms with E-state index >= 15 is 0 Å². The van der Waals surface area contributed by atoms with Gasteiger partial charge in [0, 0.05) is 25.7 Å². The Morgan fingerprint density at radius 3 is 2.29 bits per heavy atom. The van der Waals surface area contributed by atoms with Crippen molar-refractivity contribution in [2.75, 3.05) is 19.6 Å². The van der Waals surface area contributed by atoms with Crippen molar-refractivity contribution in [2.24, 2.45) is 17.6 Å². The van der Waals surface area contributed by atoms with Crippen LogP contribution in [-0.2, 0) is 0 Å². The fraction of sp³-hybridized carbons (Fsp3) is 1.00. The molecule has 0 radical (unpaired) electrons. The smallest absolute Gasteiger partial charge is 0.0218 e. The molecule has 0 amide bonds. The number of hydrogen-bond donors (Lipinski definition) is 1. The lowest BCUT2D eigenvalue weighted by Gasteiger charge is -2.39. The highest BCUT2D eigenvalue weighted by Crippen LogP contribution is 2.23. The normalized spacial score (nSPS) is 31.7. The van der Waals surface area contributed by atoms with E-state index in [2.05, 4.69) is 25.7 Å². The molecule has 0 aromatic rings. The van der Waals surface area contributed by atoms with Crippen molar-refractivity contribution in [3.8, 4) is 0 Å². The molecule has 1 fully saturated rings. The Kier molecular flexibility index (Phi) is 4.90. The molecule has 1 rings (SSSR count). The number of rotatable bonds is 4. The highest BCUT2D eigenvalue weighted by Gasteiger charge is 2.25. The van der Waals surface area contributed by atoms with E-state index in [0.717, 1.165) is 18.4 Å². The number of likely N-dealkylation sites (tertiary alicyclic amines) is 1. The van der Waals surface area contributed by atoms with Crippen LogP contribution in [0.25, 0.3) is 0 Å². The molecule has 0 saturated carbocycles. The van der Waals surface area contributed by atoms with Crippen molar-refractivity contribution in [1.29, 1.82) is 0 Å². The highest BCUT2D eigenvalue weighted by atomic mass is 15.2. The van der Waals surface area contributed by atoms with Crippen LogP contribution >= 0.6 is 0 Å². The summed E-state index contributed by atoms with van der Waals surface area (Å²) in [6.45, 7) is 10.3. The molecule has 3 atom stereocenters. The fourth-order valence-electron chi connectivity index (χ4n) is 2.79. The minimum atomic E-state index is 0.630. The van der Waals surface area contributed by atoms with Gasteiger partial charge in [0.25, 0.3) is 0 Å². The van der Waals surface area contributed by atoms with Crippen molar-refractivity contribution >= 4 is 0 Å². The average Bonchev–Trinajstić information content (AvgIpc) is 2.12. The zero-order valence-corrected chi connectivity index (χ0v) is 10.00. The van der Waals surface area contributed by atoms with Crippen LogP contribution in [0.15, 0.2) is 0 Å². The maximum absolute atomic E-state index is 5.84. The van der Waals surface area contributed by atoms with Gasteiger partial charge in [0.2, 0.25) is 0 Å². The summed E-state index contributed by atoms with van der Waals surface area (Å²) >= 11 is 0. The van der Waals surface area contributed by atoms with Gasteiger partial charge in [-0.3, -0.25) is 4.90 Å². The number of hydrogen-bond acceptors (Lipinski definition) is 2. The fourth-order valence-corrected chi connectivity index (χ4v) is 2.79. The lowest BCUT2D eigenvalue weighted by atomic mass is 9.90. The Morgan fingerprint density at radius 2 is 1.86 bits per heavy atom. The Morgan fingerprint density at radius 1 is 1.29 bits per heavy atom. The molecule has 14 heavy (non-hydrogen) atoms. The standard InChI is InChI=1S/C12H26N2/c1-4-5-12(7-13)14-8-10(2)6-11(3)9-14/h10-12H,4-9,13H2,1-3H3. The van der Waals surface area contributed by atoms with Crippen molar-refractivity contribution in [1.82, 2.24) is 4.90 Å². The predicted molar refractivity (Wildman–Crippen MR) is 62.3 cm³/mol. The SMILES string of the molecule is CCCC(CN)N1CC(C)CC(C)C1. The van der Waals surface area contributed by atoms with Crippen molar-refractivity contribution in [3.63, 3.8) is 0 Å². The molecular weight excluding hydrogens is 172 g/mol. The number of piperidine rings is 1. The van der Waals surface area contributed by atoms with E-state index < -0.39 is 0 Å². The largest absolute Gasteiger partial charge is 0.329 e. The number of nitrogens with two attached hydrogens (primary N) is 1. The van der Waals surface area contributed by atoms with Crippen LogP contribution in [0.3, 0.4) is 0 Å². The van der Waals surface area contributed by atoms with E-state index in [4.69, 9.17) is 5.73 Å². The van der Waals surface area contributed by atoms with Crippen LogP contribution in [0.5, 0.6) is 0 Å². The van der Waals surface area contributed by atoms with Gasteiger partial charge in [0.1, 0.15) is 0 Å². The maximum atomic E-state index is 5.84. The summed E-state index contributed by atoms with van der Waals surface area (Å²) in [5.41, 5.74) is 5.84. The minimum absolute atomic E-state index is 0.630. The predicted octanol–water partition coefficient (Wildman–Crippen LogP) is 2.09. The first-order chi connectivity index (χ1) is 6.67. The maximum Gasteiger partial charge on any atom is 0.0218 e. The zero-order valence-electron chi connectivity index (χ0n) is 10.00. The molecule has 3 unspecified atom stereocenters. The first-order valence-corrected chi connectivity index (χ1v) is 6.11. The van der Waals surface area contributed by atoms with Crippen LogP contribution in [0.4, 0.5) is 0 Å². The third-order valence-corrected chi connectivity index (χ3v) is 3.31. The monoisotopic (exact) mass is 198 g/mol. The molecule has 1 heterocycles. The van der Waals surface area contributed by atoms with Crippen LogP contribution in [-0.4, -0.2) is 30.6 Å². The molecule has 1 saturated heterocycles. The zero-order chi connectivity index (χ0) is 10.6. The van der Waals surface area contributed by atoms with E-state index in [1.54, 1.807) is 0 Å². The summed E-state index contributed by atoms with van der Waals surface area (Å²) in [6.07, 6.45) is 3.90. The Balaban J connectivity index is 2.47. The molecule has 1 aliphatic heterocycles. The third kappa shape index (κ3) is 3.25. The summed E-state index contributed by atoms with van der Waals surface area (Å²) in [4.78, 5) is 2.61. The van der Waals surface area contributed by atoms with Crippen LogP contribution < -0.4 is 5.73 Å². The minimum Gasteiger partial charge on any atom is -0.329 e. The van der Waals surface area contributed by atoms with E-state index in [1.807, 2.05) is 0 Å². The molecule has 2 nitrogen and oxygen atoms in total. The Hall–Kier alpha value is -0.0800. The molecular formula is C12H26N2. The van der Waals surface area contributed by atoms with Gasteiger partial charge in [0.05, 0.1) is 0 Å². The quantitative estimate of drug-likeness (QED) is 0.749. The van der Waals surface area contributed by atoms with Gasteiger partial charge in [-0.2, -0.15) is 0 Å². The lowest BCUT2D eigenvalue weighted by Crippen LogP contribution is -2.48. The first kappa shape index (κ1) is 12.0. The third-order valence-electron chi connectivity index (χ3n) is 3.31. The second-order valence-corrected chi connectivity index (χ2v) is 5.08. The van der Waals surface area contributed by atoms with Crippen molar-refractivity contribution in [2.45, 2.75) is 46.1 Å². The second kappa shape index (κ2) is 5.72. The van der Waals surface area contributed by atoms with Gasteiger partial charge in [-0.1, -0.05) is 27.2 Å². The van der Waals surface area contributed by atoms with E-state index in [9.17, 15) is 0 Å². The van der Waals surface area contributed by atoms with Crippen LogP contribution in [0.2, 0.25) is 0 Å². The topological polar surface area (TPSA) is 29.3 Å². The molecule has 0 bridgehead atoms. The summed E-state index contributed by atoms with van der Waals surface area (Å²) in [6, 6.07) is 0.630. The van der Waals surface area contributed by atoms with Gasteiger partial charge in [-0.25, -0.2) is 0 Å². The molecule has 1 aliphatic rings. The lowest BCUT2D eigenvalue weighted by molar-refractivity contribution is 0.0938. The van der Waals surface area contributed by atoms with Crippen molar-refractivity contribution < 1.29 is 0 Å². The average molecular weight is 198 g/mol. The summed E-state index contributed by atoms with van der Waals surface area (Å²) in [7, 11) is 0. The summed E-state index contributed by atoms with van der Waals surface area (Å²) < 4.78 is 0. The van der Waals surface area contributed by atoms with Gasteiger partial charge < -0.3 is 5.73 Å². The Bertz CT molecular complexity index is 148. The van der Waals surface area contributed by atoms with Crippen LogP contribution in [0.1, 0.15) is 40.0 Å². The van der Waals surface area contributed by atoms with E-state index in [-0.39, 0.29) is 0 Å². The van der Waals surface area contributed by atoms with E-state index in [1.165, 1.54) is 32.4 Å². The molecule has 0 spiro atoms. The highest BCUT2D eigenvalue weighted by molar-refractivity contribution is 4.80. The van der Waals surface area contributed by atoms with Gasteiger partial charge >= 0.3 is 0 Å². The summed E-state index contributed by atoms with van der Waals surface area (Å²) in [5.74, 6) is 1.70.